The molecule has 0 spiro atoms. The summed E-state index contributed by atoms with van der Waals surface area (Å²) in [6.07, 6.45) is 0.918. The first-order valence-electron chi connectivity index (χ1n) is 6.13. The highest BCUT2D eigenvalue weighted by Crippen LogP contribution is 2.28. The third-order valence-electron chi connectivity index (χ3n) is 2.27. The van der Waals surface area contributed by atoms with Crippen LogP contribution in [0.3, 0.4) is 0 Å². The van der Waals surface area contributed by atoms with Crippen LogP contribution in [-0.2, 0) is 10.0 Å². The van der Waals surface area contributed by atoms with Crippen LogP contribution in [0, 0.1) is 5.82 Å². The average molecular weight is 305 g/mol. The Hall–Kier alpha value is -1.54. The van der Waals surface area contributed by atoms with Gasteiger partial charge >= 0.3 is 0 Å². The molecule has 20 heavy (non-hydrogen) atoms. The second-order valence-electron chi connectivity index (χ2n) is 4.63. The Morgan fingerprint density at radius 2 is 2.00 bits per heavy atom. The van der Waals surface area contributed by atoms with Gasteiger partial charge in [-0.1, -0.05) is 0 Å². The Morgan fingerprint density at radius 3 is 2.55 bits per heavy atom. The minimum Gasteiger partial charge on any atom is -0.488 e. The summed E-state index contributed by atoms with van der Waals surface area (Å²) in [4.78, 5) is 0. The van der Waals surface area contributed by atoms with Crippen molar-refractivity contribution in [2.45, 2.75) is 20.0 Å². The molecule has 1 rings (SSSR count). The molecule has 0 aliphatic rings. The maximum absolute atomic E-state index is 13.6. The third-order valence-corrected chi connectivity index (χ3v) is 3.00. The van der Waals surface area contributed by atoms with Crippen molar-refractivity contribution in [1.82, 2.24) is 4.72 Å². The normalized spacial score (nSPS) is 11.7. The zero-order chi connectivity index (χ0) is 15.3. The summed E-state index contributed by atoms with van der Waals surface area (Å²) in [7, 11) is -3.23. The number of anilines is 2. The first-order valence-corrected chi connectivity index (χ1v) is 8.02. The molecule has 0 aliphatic carbocycles. The Balaban J connectivity index is 2.69. The summed E-state index contributed by atoms with van der Waals surface area (Å²) in [5.41, 5.74) is 6.42. The van der Waals surface area contributed by atoms with Gasteiger partial charge in [0.1, 0.15) is 0 Å². The fraction of sp³-hybridized carbons (Fsp3) is 0.500. The summed E-state index contributed by atoms with van der Waals surface area (Å²) >= 11 is 0. The molecule has 0 unspecified atom stereocenters. The van der Waals surface area contributed by atoms with Crippen LogP contribution in [0.2, 0.25) is 0 Å². The zero-order valence-corrected chi connectivity index (χ0v) is 12.6. The van der Waals surface area contributed by atoms with Gasteiger partial charge in [0.2, 0.25) is 10.0 Å². The van der Waals surface area contributed by atoms with Crippen molar-refractivity contribution in [3.05, 3.63) is 17.9 Å². The van der Waals surface area contributed by atoms with Gasteiger partial charge in [-0.3, -0.25) is 0 Å². The van der Waals surface area contributed by atoms with Crippen molar-refractivity contribution in [3.63, 3.8) is 0 Å². The average Bonchev–Trinajstić information content (AvgIpc) is 2.28. The molecule has 4 N–H and O–H groups in total. The summed E-state index contributed by atoms with van der Waals surface area (Å²) in [5, 5.41) is 2.93. The van der Waals surface area contributed by atoms with Crippen molar-refractivity contribution >= 4 is 21.4 Å². The van der Waals surface area contributed by atoms with Gasteiger partial charge < -0.3 is 15.8 Å². The molecule has 0 atom stereocenters. The van der Waals surface area contributed by atoms with E-state index in [2.05, 4.69) is 10.0 Å². The number of halogens is 1. The molecule has 0 saturated heterocycles. The lowest BCUT2D eigenvalue weighted by atomic mass is 10.2. The van der Waals surface area contributed by atoms with E-state index in [4.69, 9.17) is 10.5 Å². The van der Waals surface area contributed by atoms with Crippen LogP contribution < -0.4 is 20.5 Å². The maximum atomic E-state index is 13.6. The van der Waals surface area contributed by atoms with E-state index in [-0.39, 0.29) is 24.1 Å². The van der Waals surface area contributed by atoms with Crippen LogP contribution >= 0.6 is 0 Å². The van der Waals surface area contributed by atoms with E-state index >= 15 is 0 Å². The van der Waals surface area contributed by atoms with Crippen molar-refractivity contribution in [3.8, 4) is 5.75 Å². The number of hydrogen-bond donors (Lipinski definition) is 3. The lowest BCUT2D eigenvalue weighted by Crippen LogP contribution is -2.27. The SMILES string of the molecule is CC(C)Oc1cc(NCCNS(C)(=O)=O)c(N)cc1F. The van der Waals surface area contributed by atoms with E-state index in [0.717, 1.165) is 6.26 Å². The molecule has 0 aromatic heterocycles. The predicted octanol–water partition coefficient (Wildman–Crippen LogP) is 1.16. The van der Waals surface area contributed by atoms with E-state index in [9.17, 15) is 12.8 Å². The highest BCUT2D eigenvalue weighted by atomic mass is 32.2. The Morgan fingerprint density at radius 1 is 1.35 bits per heavy atom. The molecule has 0 aliphatic heterocycles. The second-order valence-corrected chi connectivity index (χ2v) is 6.46. The summed E-state index contributed by atoms with van der Waals surface area (Å²) in [6.45, 7) is 4.11. The minimum absolute atomic E-state index is 0.104. The first-order chi connectivity index (χ1) is 9.19. The molecule has 0 heterocycles. The van der Waals surface area contributed by atoms with Crippen LogP contribution in [0.5, 0.6) is 5.75 Å². The number of hydrogen-bond acceptors (Lipinski definition) is 5. The smallest absolute Gasteiger partial charge is 0.208 e. The molecule has 0 fully saturated rings. The van der Waals surface area contributed by atoms with Crippen molar-refractivity contribution < 1.29 is 17.5 Å². The number of rotatable bonds is 7. The first kappa shape index (κ1) is 16.5. The minimum atomic E-state index is -3.23. The van der Waals surface area contributed by atoms with Gasteiger partial charge in [0.15, 0.2) is 11.6 Å². The van der Waals surface area contributed by atoms with Gasteiger partial charge in [-0.15, -0.1) is 0 Å². The highest BCUT2D eigenvalue weighted by molar-refractivity contribution is 7.88. The number of nitrogen functional groups attached to an aromatic ring is 1. The molecule has 0 amide bonds. The van der Waals surface area contributed by atoms with Gasteiger partial charge in [-0.25, -0.2) is 17.5 Å². The quantitative estimate of drug-likeness (QED) is 0.519. The van der Waals surface area contributed by atoms with Crippen LogP contribution in [0.25, 0.3) is 0 Å². The van der Waals surface area contributed by atoms with Crippen LogP contribution in [0.4, 0.5) is 15.8 Å². The van der Waals surface area contributed by atoms with Gasteiger partial charge in [0, 0.05) is 25.2 Å². The van der Waals surface area contributed by atoms with Gasteiger partial charge in [0.25, 0.3) is 0 Å². The lowest BCUT2D eigenvalue weighted by Gasteiger charge is -2.15. The number of nitrogens with two attached hydrogens (primary N) is 1. The predicted molar refractivity (Wildman–Crippen MR) is 77.9 cm³/mol. The molecule has 1 aromatic rings. The number of benzene rings is 1. The molecule has 8 heteroatoms. The maximum Gasteiger partial charge on any atom is 0.208 e. The molecule has 6 nitrogen and oxygen atoms in total. The topological polar surface area (TPSA) is 93.5 Å². The van der Waals surface area contributed by atoms with Gasteiger partial charge in [-0.2, -0.15) is 0 Å². The number of sulfonamides is 1. The largest absolute Gasteiger partial charge is 0.488 e. The standard InChI is InChI=1S/C12H20FN3O3S/c1-8(2)19-12-7-11(10(14)6-9(12)13)15-4-5-16-20(3,17)18/h6-8,15-16H,4-5,14H2,1-3H3. The molecular formula is C12H20FN3O3S. The second kappa shape index (κ2) is 6.76. The van der Waals surface area contributed by atoms with E-state index in [1.807, 2.05) is 0 Å². The molecule has 114 valence electrons. The van der Waals surface area contributed by atoms with Crippen LogP contribution in [0.1, 0.15) is 13.8 Å². The number of ether oxygens (including phenoxy) is 1. The van der Waals surface area contributed by atoms with Crippen molar-refractivity contribution in [2.75, 3.05) is 30.4 Å². The Labute approximate surface area is 118 Å². The highest BCUT2D eigenvalue weighted by Gasteiger charge is 2.10. The van der Waals surface area contributed by atoms with Crippen molar-refractivity contribution in [2.24, 2.45) is 0 Å². The van der Waals surface area contributed by atoms with E-state index in [1.165, 1.54) is 12.1 Å². The third kappa shape index (κ3) is 5.62. The summed E-state index contributed by atoms with van der Waals surface area (Å²) in [5.74, 6) is -0.427. The molecular weight excluding hydrogens is 285 g/mol. The Bertz CT molecular complexity index is 561. The zero-order valence-electron chi connectivity index (χ0n) is 11.7. The van der Waals surface area contributed by atoms with Crippen LogP contribution in [-0.4, -0.2) is 33.9 Å². The van der Waals surface area contributed by atoms with Crippen molar-refractivity contribution in [1.29, 1.82) is 0 Å². The summed E-state index contributed by atoms with van der Waals surface area (Å²) < 4.78 is 43.1. The van der Waals surface area contributed by atoms with Gasteiger partial charge in [-0.05, 0) is 13.8 Å². The molecule has 0 bridgehead atoms. The van der Waals surface area contributed by atoms with Gasteiger partial charge in [0.05, 0.1) is 23.7 Å². The van der Waals surface area contributed by atoms with E-state index in [1.54, 1.807) is 13.8 Å². The monoisotopic (exact) mass is 305 g/mol. The fourth-order valence-electron chi connectivity index (χ4n) is 1.50. The molecule has 0 saturated carbocycles. The van der Waals surface area contributed by atoms with Crippen LogP contribution in [0.15, 0.2) is 12.1 Å². The van der Waals surface area contributed by atoms with E-state index in [0.29, 0.717) is 12.2 Å². The van der Waals surface area contributed by atoms with E-state index < -0.39 is 15.8 Å². The Kier molecular flexibility index (Phi) is 5.58. The number of nitrogens with one attached hydrogen (secondary N) is 2. The lowest BCUT2D eigenvalue weighted by molar-refractivity contribution is 0.231. The fourth-order valence-corrected chi connectivity index (χ4v) is 1.97. The summed E-state index contributed by atoms with van der Waals surface area (Å²) in [6, 6.07) is 2.63. The molecule has 1 aromatic carbocycles. The molecule has 0 radical (unpaired) electrons.